The van der Waals surface area contributed by atoms with E-state index in [0.717, 1.165) is 6.42 Å². The van der Waals surface area contributed by atoms with Crippen LogP contribution in [0.1, 0.15) is 27.8 Å². The zero-order valence-corrected chi connectivity index (χ0v) is 25.5. The van der Waals surface area contributed by atoms with E-state index in [2.05, 4.69) is 160 Å². The summed E-state index contributed by atoms with van der Waals surface area (Å²) in [6.45, 7) is 6.62. The first-order chi connectivity index (χ1) is 21.6. The third-order valence-electron chi connectivity index (χ3n) is 9.43. The van der Waals surface area contributed by atoms with E-state index in [1.807, 2.05) is 0 Å². The van der Waals surface area contributed by atoms with Crippen molar-refractivity contribution >= 4 is 43.1 Å². The molecule has 0 radical (unpaired) electrons. The van der Waals surface area contributed by atoms with E-state index in [1.165, 1.54) is 93.2 Å². The molecule has 0 amide bonds. The lowest BCUT2D eigenvalue weighted by Gasteiger charge is -2.21. The SMILES string of the molecule is Cc1ccc(-c2c3ccccc3c(-c3ccc(C)cc3)c3c(Cc4cccc5cc6ccccc6c(C)c45)cccc23)cc1. The lowest BCUT2D eigenvalue weighted by atomic mass is 9.82. The van der Waals surface area contributed by atoms with Crippen molar-refractivity contribution in [1.29, 1.82) is 0 Å². The second-order valence-corrected chi connectivity index (χ2v) is 12.3. The Morgan fingerprint density at radius 1 is 0.386 bits per heavy atom. The third kappa shape index (κ3) is 4.29. The van der Waals surface area contributed by atoms with Crippen molar-refractivity contribution in [3.05, 3.63) is 167 Å². The van der Waals surface area contributed by atoms with Gasteiger partial charge in [-0.1, -0.05) is 145 Å². The molecule has 0 saturated heterocycles. The van der Waals surface area contributed by atoms with E-state index < -0.39 is 0 Å². The molecule has 0 aromatic heterocycles. The molecule has 0 fully saturated rings. The van der Waals surface area contributed by atoms with Crippen LogP contribution in [0.15, 0.2) is 140 Å². The minimum Gasteiger partial charge on any atom is -0.0616 e. The van der Waals surface area contributed by atoms with E-state index in [-0.39, 0.29) is 0 Å². The van der Waals surface area contributed by atoms with Crippen molar-refractivity contribution in [2.24, 2.45) is 0 Å². The van der Waals surface area contributed by atoms with Crippen molar-refractivity contribution in [2.45, 2.75) is 27.2 Å². The average molecular weight is 563 g/mol. The molecule has 0 unspecified atom stereocenters. The highest BCUT2D eigenvalue weighted by Gasteiger charge is 2.20. The van der Waals surface area contributed by atoms with Gasteiger partial charge in [-0.3, -0.25) is 0 Å². The smallest absolute Gasteiger partial charge is 0.00131 e. The van der Waals surface area contributed by atoms with Crippen molar-refractivity contribution in [2.75, 3.05) is 0 Å². The highest BCUT2D eigenvalue weighted by molar-refractivity contribution is 6.22. The number of rotatable bonds is 4. The van der Waals surface area contributed by atoms with Crippen LogP contribution >= 0.6 is 0 Å². The number of fused-ring (bicyclic) bond motifs is 4. The Kier molecular flexibility index (Phi) is 6.31. The highest BCUT2D eigenvalue weighted by atomic mass is 14.2. The van der Waals surface area contributed by atoms with Crippen molar-refractivity contribution in [3.63, 3.8) is 0 Å². The van der Waals surface area contributed by atoms with Gasteiger partial charge in [-0.05, 0) is 115 Å². The topological polar surface area (TPSA) is 0 Å². The van der Waals surface area contributed by atoms with Crippen LogP contribution in [0.3, 0.4) is 0 Å². The number of aryl methyl sites for hydroxylation is 3. The molecule has 0 heterocycles. The Bertz CT molecular complexity index is 2350. The van der Waals surface area contributed by atoms with E-state index in [1.54, 1.807) is 0 Å². The summed E-state index contributed by atoms with van der Waals surface area (Å²) in [7, 11) is 0. The average Bonchev–Trinajstić information content (AvgIpc) is 3.05. The summed E-state index contributed by atoms with van der Waals surface area (Å²) in [4.78, 5) is 0. The molecule has 8 aromatic rings. The fourth-order valence-electron chi connectivity index (χ4n) is 7.32. The van der Waals surface area contributed by atoms with Crippen LogP contribution in [0.2, 0.25) is 0 Å². The Hall–Kier alpha value is -5.20. The van der Waals surface area contributed by atoms with Crippen LogP contribution in [-0.2, 0) is 6.42 Å². The second-order valence-electron chi connectivity index (χ2n) is 12.3. The second kappa shape index (κ2) is 10.5. The molecule has 0 saturated carbocycles. The Balaban J connectivity index is 1.47. The molecular weight excluding hydrogens is 528 g/mol. The van der Waals surface area contributed by atoms with Crippen LogP contribution in [0.5, 0.6) is 0 Å². The molecule has 0 atom stereocenters. The molecule has 0 nitrogen and oxygen atoms in total. The zero-order valence-electron chi connectivity index (χ0n) is 25.5. The lowest BCUT2D eigenvalue weighted by Crippen LogP contribution is -1.98. The number of hydrogen-bond donors (Lipinski definition) is 0. The molecule has 8 aromatic carbocycles. The Morgan fingerprint density at radius 3 is 1.57 bits per heavy atom. The monoisotopic (exact) mass is 562 g/mol. The standard InChI is InChI=1S/C44H34/c1-28-18-22-31(23-19-28)42-38-15-6-7-16-39(38)43(32-24-20-29(2)21-25-32)44-36(13-9-17-40(42)44)27-35-12-8-11-34-26-33-10-4-5-14-37(33)30(3)41(34)35/h4-26H,27H2,1-3H3. The maximum absolute atomic E-state index is 2.35. The summed E-state index contributed by atoms with van der Waals surface area (Å²) >= 11 is 0. The van der Waals surface area contributed by atoms with E-state index >= 15 is 0 Å². The Labute approximate surface area is 259 Å². The lowest BCUT2D eigenvalue weighted by molar-refractivity contribution is 1.23. The van der Waals surface area contributed by atoms with Crippen molar-refractivity contribution < 1.29 is 0 Å². The summed E-state index contributed by atoms with van der Waals surface area (Å²) in [5.41, 5.74) is 11.8. The summed E-state index contributed by atoms with van der Waals surface area (Å²) in [6, 6.07) is 52.0. The van der Waals surface area contributed by atoms with Crippen molar-refractivity contribution in [3.8, 4) is 22.3 Å². The first-order valence-corrected chi connectivity index (χ1v) is 15.6. The predicted molar refractivity (Wildman–Crippen MR) is 191 cm³/mol. The molecule has 0 aliphatic rings. The fourth-order valence-corrected chi connectivity index (χ4v) is 7.32. The van der Waals surface area contributed by atoms with Gasteiger partial charge < -0.3 is 0 Å². The van der Waals surface area contributed by atoms with Crippen LogP contribution in [-0.4, -0.2) is 0 Å². The van der Waals surface area contributed by atoms with Crippen LogP contribution in [0.25, 0.3) is 65.3 Å². The van der Waals surface area contributed by atoms with Gasteiger partial charge in [0.15, 0.2) is 0 Å². The van der Waals surface area contributed by atoms with Gasteiger partial charge in [-0.15, -0.1) is 0 Å². The number of hydrogen-bond acceptors (Lipinski definition) is 0. The fraction of sp³-hybridized carbons (Fsp3) is 0.0909. The molecule has 0 heteroatoms. The highest BCUT2D eigenvalue weighted by Crippen LogP contribution is 2.45. The summed E-state index contributed by atoms with van der Waals surface area (Å²) in [6.07, 6.45) is 0.860. The molecule has 8 rings (SSSR count). The maximum Gasteiger partial charge on any atom is -0.00131 e. The Morgan fingerprint density at radius 2 is 0.886 bits per heavy atom. The molecule has 0 bridgehead atoms. The molecule has 0 spiro atoms. The van der Waals surface area contributed by atoms with Gasteiger partial charge in [0.2, 0.25) is 0 Å². The summed E-state index contributed by atoms with van der Waals surface area (Å²) < 4.78 is 0. The first-order valence-electron chi connectivity index (χ1n) is 15.6. The van der Waals surface area contributed by atoms with Crippen LogP contribution < -0.4 is 0 Å². The van der Waals surface area contributed by atoms with Gasteiger partial charge in [-0.2, -0.15) is 0 Å². The van der Waals surface area contributed by atoms with Crippen molar-refractivity contribution in [1.82, 2.24) is 0 Å². The molecule has 44 heavy (non-hydrogen) atoms. The van der Waals surface area contributed by atoms with E-state index in [4.69, 9.17) is 0 Å². The van der Waals surface area contributed by atoms with Gasteiger partial charge in [0.05, 0.1) is 0 Å². The van der Waals surface area contributed by atoms with Gasteiger partial charge in [0.1, 0.15) is 0 Å². The molecular formula is C44H34. The van der Waals surface area contributed by atoms with Gasteiger partial charge in [-0.25, -0.2) is 0 Å². The van der Waals surface area contributed by atoms with E-state index in [0.29, 0.717) is 0 Å². The maximum atomic E-state index is 2.35. The normalized spacial score (nSPS) is 11.6. The van der Waals surface area contributed by atoms with Gasteiger partial charge in [0, 0.05) is 0 Å². The van der Waals surface area contributed by atoms with Gasteiger partial charge >= 0.3 is 0 Å². The third-order valence-corrected chi connectivity index (χ3v) is 9.43. The van der Waals surface area contributed by atoms with Gasteiger partial charge in [0.25, 0.3) is 0 Å². The minimum absolute atomic E-state index is 0.860. The van der Waals surface area contributed by atoms with E-state index in [9.17, 15) is 0 Å². The zero-order chi connectivity index (χ0) is 29.8. The molecule has 0 aliphatic heterocycles. The molecule has 0 aliphatic carbocycles. The largest absolute Gasteiger partial charge is 0.0616 e. The van der Waals surface area contributed by atoms with Crippen LogP contribution in [0.4, 0.5) is 0 Å². The minimum atomic E-state index is 0.860. The summed E-state index contributed by atoms with van der Waals surface area (Å²) in [5.74, 6) is 0. The predicted octanol–water partition coefficient (Wildman–Crippen LogP) is 12.1. The first kappa shape index (κ1) is 26.4. The van der Waals surface area contributed by atoms with Crippen LogP contribution in [0, 0.1) is 20.8 Å². The molecule has 210 valence electrons. The quantitative estimate of drug-likeness (QED) is 0.187. The molecule has 0 N–H and O–H groups in total. The summed E-state index contributed by atoms with van der Waals surface area (Å²) in [5, 5.41) is 10.6. The number of benzene rings is 8.